The molecule has 0 unspecified atom stereocenters. The molecule has 0 aromatic heterocycles. The van der Waals surface area contributed by atoms with E-state index in [1.54, 1.807) is 6.07 Å². The van der Waals surface area contributed by atoms with Gasteiger partial charge in [-0.25, -0.2) is 4.79 Å². The van der Waals surface area contributed by atoms with Crippen molar-refractivity contribution < 1.29 is 14.6 Å². The van der Waals surface area contributed by atoms with Gasteiger partial charge in [0.2, 0.25) is 0 Å². The van der Waals surface area contributed by atoms with Crippen LogP contribution in [0.5, 0.6) is 5.75 Å². The summed E-state index contributed by atoms with van der Waals surface area (Å²) in [5.41, 5.74) is 4.33. The summed E-state index contributed by atoms with van der Waals surface area (Å²) >= 11 is 0. The van der Waals surface area contributed by atoms with Crippen LogP contribution in [0.3, 0.4) is 0 Å². The van der Waals surface area contributed by atoms with Crippen LogP contribution in [0.25, 0.3) is 0 Å². The Bertz CT molecular complexity index is 957. The Morgan fingerprint density at radius 2 is 2.07 bits per heavy atom. The van der Waals surface area contributed by atoms with Crippen LogP contribution in [-0.4, -0.2) is 17.7 Å². The lowest BCUT2D eigenvalue weighted by atomic mass is 9.76. The van der Waals surface area contributed by atoms with Crippen molar-refractivity contribution in [3.8, 4) is 11.8 Å². The summed E-state index contributed by atoms with van der Waals surface area (Å²) in [6, 6.07) is 13.5. The molecule has 136 valence electrons. The minimum absolute atomic E-state index is 0.0280. The number of nitrogens with one attached hydrogen (secondary N) is 1. The van der Waals surface area contributed by atoms with Crippen LogP contribution < -0.4 is 10.1 Å². The second-order valence-electron chi connectivity index (χ2n) is 7.00. The maximum Gasteiger partial charge on any atom is 0.336 e. The van der Waals surface area contributed by atoms with Gasteiger partial charge in [-0.1, -0.05) is 30.4 Å². The van der Waals surface area contributed by atoms with Gasteiger partial charge in [-0.05, 0) is 54.2 Å². The van der Waals surface area contributed by atoms with Crippen molar-refractivity contribution in [2.75, 3.05) is 11.9 Å². The van der Waals surface area contributed by atoms with E-state index in [4.69, 9.17) is 10.00 Å². The van der Waals surface area contributed by atoms with E-state index in [-0.39, 0.29) is 18.6 Å². The van der Waals surface area contributed by atoms with E-state index in [1.807, 2.05) is 43.3 Å². The summed E-state index contributed by atoms with van der Waals surface area (Å²) in [5, 5.41) is 21.7. The van der Waals surface area contributed by atoms with Gasteiger partial charge in [-0.2, -0.15) is 5.26 Å². The second kappa shape index (κ2) is 6.81. The first-order chi connectivity index (χ1) is 13.1. The molecule has 0 spiro atoms. The number of fused-ring (bicyclic) bond motifs is 3. The van der Waals surface area contributed by atoms with E-state index >= 15 is 0 Å². The molecule has 1 heterocycles. The fraction of sp³-hybridized carbons (Fsp3) is 0.273. The number of anilines is 1. The first-order valence-corrected chi connectivity index (χ1v) is 9.00. The van der Waals surface area contributed by atoms with Crippen molar-refractivity contribution in [2.45, 2.75) is 25.3 Å². The van der Waals surface area contributed by atoms with Crippen LogP contribution in [0.1, 0.15) is 45.4 Å². The lowest BCUT2D eigenvalue weighted by Gasteiger charge is -2.38. The molecule has 2 N–H and O–H groups in total. The molecule has 5 heteroatoms. The zero-order chi connectivity index (χ0) is 19.0. The molecule has 0 amide bonds. The molecule has 0 saturated carbocycles. The smallest absolute Gasteiger partial charge is 0.336 e. The number of carboxylic acid groups (broad SMARTS) is 1. The maximum absolute atomic E-state index is 11.5. The summed E-state index contributed by atoms with van der Waals surface area (Å²) in [6.45, 7) is 1.89. The number of hydrogen-bond acceptors (Lipinski definition) is 4. The highest BCUT2D eigenvalue weighted by Crippen LogP contribution is 2.51. The van der Waals surface area contributed by atoms with E-state index in [9.17, 15) is 9.90 Å². The molecule has 0 radical (unpaired) electrons. The van der Waals surface area contributed by atoms with Crippen LogP contribution >= 0.6 is 0 Å². The van der Waals surface area contributed by atoms with Gasteiger partial charge in [0.15, 0.2) is 6.61 Å². The number of carbonyl (C=O) groups is 1. The highest BCUT2D eigenvalue weighted by molar-refractivity contribution is 5.92. The molecular formula is C22H20N2O3. The first-order valence-electron chi connectivity index (χ1n) is 9.00. The van der Waals surface area contributed by atoms with Crippen molar-refractivity contribution in [3.63, 3.8) is 0 Å². The average molecular weight is 360 g/mol. The van der Waals surface area contributed by atoms with Gasteiger partial charge in [0, 0.05) is 11.6 Å². The van der Waals surface area contributed by atoms with E-state index in [0.717, 1.165) is 23.2 Å². The number of hydrogen-bond donors (Lipinski definition) is 2. The van der Waals surface area contributed by atoms with E-state index < -0.39 is 5.97 Å². The van der Waals surface area contributed by atoms with Crippen LogP contribution in [-0.2, 0) is 0 Å². The molecular weight excluding hydrogens is 340 g/mol. The summed E-state index contributed by atoms with van der Waals surface area (Å²) in [6.07, 6.45) is 5.43. The van der Waals surface area contributed by atoms with Gasteiger partial charge in [-0.3, -0.25) is 0 Å². The fourth-order valence-electron chi connectivity index (χ4n) is 4.26. The molecule has 0 fully saturated rings. The molecule has 27 heavy (non-hydrogen) atoms. The number of nitrogens with zero attached hydrogens (tertiary/aromatic N) is 1. The fourth-order valence-corrected chi connectivity index (χ4v) is 4.26. The summed E-state index contributed by atoms with van der Waals surface area (Å²) in [7, 11) is 0. The third-order valence-electron chi connectivity index (χ3n) is 5.57. The van der Waals surface area contributed by atoms with Gasteiger partial charge in [0.1, 0.15) is 11.8 Å². The lowest BCUT2D eigenvalue weighted by molar-refractivity contribution is 0.0696. The molecule has 2 aliphatic rings. The van der Waals surface area contributed by atoms with Gasteiger partial charge < -0.3 is 15.2 Å². The topological polar surface area (TPSA) is 82.3 Å². The molecule has 0 saturated heterocycles. The highest BCUT2D eigenvalue weighted by atomic mass is 16.5. The quantitative estimate of drug-likeness (QED) is 0.789. The number of benzene rings is 2. The van der Waals surface area contributed by atoms with Crippen LogP contribution in [0.4, 0.5) is 5.69 Å². The van der Waals surface area contributed by atoms with Crippen LogP contribution in [0.15, 0.2) is 48.6 Å². The molecule has 4 rings (SSSR count). The Hall–Kier alpha value is -3.26. The zero-order valence-electron chi connectivity index (χ0n) is 15.0. The number of allylic oxidation sites excluding steroid dienone is 2. The van der Waals surface area contributed by atoms with E-state index in [0.29, 0.717) is 17.2 Å². The monoisotopic (exact) mass is 360 g/mol. The maximum atomic E-state index is 11.5. The molecule has 2 aromatic carbocycles. The summed E-state index contributed by atoms with van der Waals surface area (Å²) in [4.78, 5) is 11.5. The number of rotatable bonds is 4. The number of carboxylic acids is 1. The highest BCUT2D eigenvalue weighted by Gasteiger charge is 2.38. The van der Waals surface area contributed by atoms with Crippen molar-refractivity contribution in [3.05, 3.63) is 70.8 Å². The Balaban J connectivity index is 1.71. The van der Waals surface area contributed by atoms with Crippen molar-refractivity contribution in [2.24, 2.45) is 5.92 Å². The Labute approximate surface area is 157 Å². The van der Waals surface area contributed by atoms with Gasteiger partial charge in [0.25, 0.3) is 0 Å². The Morgan fingerprint density at radius 1 is 1.30 bits per heavy atom. The van der Waals surface area contributed by atoms with E-state index in [2.05, 4.69) is 17.5 Å². The average Bonchev–Trinajstić information content (AvgIpc) is 3.16. The van der Waals surface area contributed by atoms with Gasteiger partial charge >= 0.3 is 5.97 Å². The molecule has 1 aliphatic carbocycles. The molecule has 1 aliphatic heterocycles. The minimum Gasteiger partial charge on any atom is -0.479 e. The molecule has 5 nitrogen and oxygen atoms in total. The predicted molar refractivity (Wildman–Crippen MR) is 102 cm³/mol. The molecule has 3 atom stereocenters. The van der Waals surface area contributed by atoms with Crippen LogP contribution in [0.2, 0.25) is 0 Å². The Morgan fingerprint density at radius 3 is 2.78 bits per heavy atom. The van der Waals surface area contributed by atoms with Crippen molar-refractivity contribution >= 4 is 11.7 Å². The number of aromatic carboxylic acids is 1. The van der Waals surface area contributed by atoms with Crippen molar-refractivity contribution in [1.29, 1.82) is 5.26 Å². The van der Waals surface area contributed by atoms with Crippen LogP contribution in [0, 0.1) is 24.2 Å². The standard InChI is InChI=1S/C22H20N2O3/c1-13-16(22(25)26)9-10-19-17-3-2-4-18(17)21(24-20(13)19)14-5-7-15(8-6-14)27-12-11-23/h2-3,5-10,17-18,21,24H,4,12H2,1H3,(H,25,26)/t17-,18-,21+/m1/s1. The third-order valence-corrected chi connectivity index (χ3v) is 5.57. The van der Waals surface area contributed by atoms with Gasteiger partial charge in [0.05, 0.1) is 11.6 Å². The minimum atomic E-state index is -0.906. The lowest BCUT2D eigenvalue weighted by Crippen LogP contribution is -2.30. The van der Waals surface area contributed by atoms with E-state index in [1.165, 1.54) is 5.56 Å². The van der Waals surface area contributed by atoms with Gasteiger partial charge in [-0.15, -0.1) is 0 Å². The summed E-state index contributed by atoms with van der Waals surface area (Å²) < 4.78 is 5.34. The first kappa shape index (κ1) is 17.2. The third kappa shape index (κ3) is 2.93. The molecule has 2 aromatic rings. The van der Waals surface area contributed by atoms with Crippen molar-refractivity contribution in [1.82, 2.24) is 0 Å². The summed E-state index contributed by atoms with van der Waals surface area (Å²) in [5.74, 6) is 0.430. The largest absolute Gasteiger partial charge is 0.479 e. The second-order valence-corrected chi connectivity index (χ2v) is 7.00. The Kier molecular flexibility index (Phi) is 4.33. The SMILES string of the molecule is Cc1c(C(=O)O)ccc2c1N[C@@H](c1ccc(OCC#N)cc1)[C@@H]1CC=C[C@@H]21. The zero-order valence-corrected chi connectivity index (χ0v) is 15.0. The number of ether oxygens (including phenoxy) is 1. The number of nitriles is 1. The molecule has 0 bridgehead atoms. The predicted octanol–water partition coefficient (Wildman–Crippen LogP) is 4.42. The normalized spacial score (nSPS) is 22.3.